The third-order valence-electron chi connectivity index (χ3n) is 3.71. The minimum atomic E-state index is -0.855. The van der Waals surface area contributed by atoms with Gasteiger partial charge < -0.3 is 15.6 Å². The van der Waals surface area contributed by atoms with E-state index in [1.165, 1.54) is 0 Å². The van der Waals surface area contributed by atoms with Gasteiger partial charge in [0.1, 0.15) is 11.6 Å². The van der Waals surface area contributed by atoms with Gasteiger partial charge in [0.25, 0.3) is 0 Å². The maximum absolute atomic E-state index is 11.9. The molecule has 0 radical (unpaired) electrons. The van der Waals surface area contributed by atoms with Crippen molar-refractivity contribution < 1.29 is 14.6 Å². The first kappa shape index (κ1) is 17.9. The topological polar surface area (TPSA) is 72.5 Å². The molecule has 1 unspecified atom stereocenters. The summed E-state index contributed by atoms with van der Waals surface area (Å²) in [5, 5.41) is 10.6. The van der Waals surface area contributed by atoms with Crippen molar-refractivity contribution >= 4 is 5.97 Å². The van der Waals surface area contributed by atoms with Crippen LogP contribution in [0, 0.1) is 5.41 Å². The zero-order valence-corrected chi connectivity index (χ0v) is 14.1. The molecule has 1 aliphatic carbocycles. The molecular weight excluding hydrogens is 266 g/mol. The minimum Gasteiger partial charge on any atom is -0.459 e. The number of allylic oxidation sites excluding steroid dienone is 1. The molecule has 1 aliphatic rings. The summed E-state index contributed by atoms with van der Waals surface area (Å²) in [5.41, 5.74) is 5.24. The van der Waals surface area contributed by atoms with E-state index in [0.29, 0.717) is 12.8 Å². The Bertz CT molecular complexity index is 452. The van der Waals surface area contributed by atoms with Crippen molar-refractivity contribution in [3.63, 3.8) is 0 Å². The molecule has 4 nitrogen and oxygen atoms in total. The molecule has 120 valence electrons. The van der Waals surface area contributed by atoms with Crippen LogP contribution in [0.2, 0.25) is 0 Å². The number of nitrogens with two attached hydrogens (primary N) is 1. The fourth-order valence-electron chi connectivity index (χ4n) is 2.09. The van der Waals surface area contributed by atoms with Gasteiger partial charge in [0.05, 0.1) is 5.60 Å². The summed E-state index contributed by atoms with van der Waals surface area (Å²) in [6.45, 7) is 11.5. The highest BCUT2D eigenvalue weighted by Crippen LogP contribution is 2.37. The summed E-state index contributed by atoms with van der Waals surface area (Å²) >= 11 is 0. The second-order valence-electron chi connectivity index (χ2n) is 7.83. The van der Waals surface area contributed by atoms with E-state index in [4.69, 9.17) is 10.5 Å². The molecule has 2 atom stereocenters. The minimum absolute atomic E-state index is 0.237. The zero-order chi connectivity index (χ0) is 16.5. The summed E-state index contributed by atoms with van der Waals surface area (Å²) in [4.78, 5) is 11.9. The van der Waals surface area contributed by atoms with Crippen LogP contribution in [0.4, 0.5) is 0 Å². The lowest BCUT2D eigenvalue weighted by molar-refractivity contribution is -0.156. The maximum Gasteiger partial charge on any atom is 0.323 e. The molecule has 0 aromatic carbocycles. The molecule has 0 aliphatic heterocycles. The Hall–Kier alpha value is -1.13. The van der Waals surface area contributed by atoms with Crippen molar-refractivity contribution in [1.82, 2.24) is 0 Å². The second kappa shape index (κ2) is 5.93. The van der Waals surface area contributed by atoms with Crippen LogP contribution in [0.3, 0.4) is 0 Å². The molecule has 0 spiro atoms. The van der Waals surface area contributed by atoms with Crippen LogP contribution in [0.15, 0.2) is 23.8 Å². The molecule has 4 heteroatoms. The Kier molecular flexibility index (Phi) is 5.06. The molecule has 21 heavy (non-hydrogen) atoms. The van der Waals surface area contributed by atoms with Crippen LogP contribution in [0.25, 0.3) is 0 Å². The van der Waals surface area contributed by atoms with Gasteiger partial charge in [-0.3, -0.25) is 4.79 Å². The van der Waals surface area contributed by atoms with E-state index in [2.05, 4.69) is 0 Å². The number of aliphatic hydroxyl groups is 1. The predicted octanol–water partition coefficient (Wildman–Crippen LogP) is 2.71. The maximum atomic E-state index is 11.9. The van der Waals surface area contributed by atoms with Gasteiger partial charge >= 0.3 is 5.97 Å². The number of carbonyl (C=O) groups is 1. The van der Waals surface area contributed by atoms with E-state index >= 15 is 0 Å². The lowest BCUT2D eigenvalue weighted by Gasteiger charge is -2.39. The van der Waals surface area contributed by atoms with Gasteiger partial charge in [0, 0.05) is 0 Å². The van der Waals surface area contributed by atoms with Crippen molar-refractivity contribution in [2.45, 2.75) is 71.6 Å². The van der Waals surface area contributed by atoms with Crippen molar-refractivity contribution in [2.75, 3.05) is 0 Å². The number of hydrogen-bond donors (Lipinski definition) is 2. The Balaban J connectivity index is 2.64. The quantitative estimate of drug-likeness (QED) is 0.785. The highest BCUT2D eigenvalue weighted by atomic mass is 16.6. The summed E-state index contributed by atoms with van der Waals surface area (Å²) in [7, 11) is 0. The molecule has 0 amide bonds. The predicted molar refractivity (Wildman–Crippen MR) is 84.7 cm³/mol. The van der Waals surface area contributed by atoms with E-state index in [0.717, 1.165) is 5.57 Å². The summed E-state index contributed by atoms with van der Waals surface area (Å²) in [6.07, 6.45) is 6.58. The highest BCUT2D eigenvalue weighted by Gasteiger charge is 2.38. The van der Waals surface area contributed by atoms with Crippen LogP contribution < -0.4 is 5.73 Å². The molecule has 0 saturated heterocycles. The molecule has 0 aromatic heterocycles. The molecule has 3 N–H and O–H groups in total. The van der Waals surface area contributed by atoms with E-state index in [1.807, 2.05) is 59.8 Å². The normalized spacial score (nSPS) is 24.5. The van der Waals surface area contributed by atoms with Crippen molar-refractivity contribution in [3.05, 3.63) is 23.8 Å². The fourth-order valence-corrected chi connectivity index (χ4v) is 2.09. The van der Waals surface area contributed by atoms with Crippen LogP contribution in [-0.4, -0.2) is 28.3 Å². The first-order valence-corrected chi connectivity index (χ1v) is 7.43. The Morgan fingerprint density at radius 1 is 1.38 bits per heavy atom. The third kappa shape index (κ3) is 4.97. The summed E-state index contributed by atoms with van der Waals surface area (Å²) in [6, 6.07) is -0.680. The van der Waals surface area contributed by atoms with Gasteiger partial charge in [-0.05, 0) is 44.6 Å². The monoisotopic (exact) mass is 295 g/mol. The van der Waals surface area contributed by atoms with Gasteiger partial charge in [-0.1, -0.05) is 39.0 Å². The van der Waals surface area contributed by atoms with Crippen molar-refractivity contribution in [1.29, 1.82) is 0 Å². The van der Waals surface area contributed by atoms with Crippen LogP contribution in [0.1, 0.15) is 54.4 Å². The third-order valence-corrected chi connectivity index (χ3v) is 3.71. The number of carbonyl (C=O) groups excluding carboxylic acids is 1. The Labute approximate surface area is 128 Å². The van der Waals surface area contributed by atoms with Crippen molar-refractivity contribution in [2.24, 2.45) is 11.1 Å². The first-order chi connectivity index (χ1) is 9.34. The molecule has 0 aromatic rings. The summed E-state index contributed by atoms with van der Waals surface area (Å²) in [5.74, 6) is -0.395. The molecule has 0 saturated carbocycles. The lowest BCUT2D eigenvalue weighted by Crippen LogP contribution is -2.42. The summed E-state index contributed by atoms with van der Waals surface area (Å²) < 4.78 is 5.27. The largest absolute Gasteiger partial charge is 0.459 e. The average molecular weight is 295 g/mol. The van der Waals surface area contributed by atoms with E-state index in [9.17, 15) is 9.90 Å². The molecule has 0 bridgehead atoms. The number of rotatable bonds is 3. The molecule has 1 rings (SSSR count). The van der Waals surface area contributed by atoms with E-state index in [1.54, 1.807) is 0 Å². The smallest absolute Gasteiger partial charge is 0.323 e. The standard InChI is InChI=1S/C17H29NO3/c1-15(2,3)17(20)9-7-12(8-10-17)11-13(18)14(19)21-16(4,5)6/h7-9,13,20H,10-11,18H2,1-6H3/t13-,17?/m0/s1. The SMILES string of the molecule is CC(C)(C)OC(=O)[C@@H](N)CC1=CCC(O)(C(C)(C)C)C=C1. The number of ether oxygens (including phenoxy) is 1. The van der Waals surface area contributed by atoms with Crippen LogP contribution in [0.5, 0.6) is 0 Å². The second-order valence-corrected chi connectivity index (χ2v) is 7.83. The molecule has 0 heterocycles. The molecular formula is C17H29NO3. The fraction of sp³-hybridized carbons (Fsp3) is 0.706. The van der Waals surface area contributed by atoms with Gasteiger partial charge in [0.15, 0.2) is 0 Å². The zero-order valence-electron chi connectivity index (χ0n) is 14.1. The van der Waals surface area contributed by atoms with Gasteiger partial charge in [-0.25, -0.2) is 0 Å². The van der Waals surface area contributed by atoms with Crippen LogP contribution in [-0.2, 0) is 9.53 Å². The van der Waals surface area contributed by atoms with Crippen LogP contribution >= 0.6 is 0 Å². The first-order valence-electron chi connectivity index (χ1n) is 7.43. The average Bonchev–Trinajstić information content (AvgIpc) is 2.28. The van der Waals surface area contributed by atoms with Crippen molar-refractivity contribution in [3.8, 4) is 0 Å². The highest BCUT2D eigenvalue weighted by molar-refractivity contribution is 5.76. The van der Waals surface area contributed by atoms with E-state index in [-0.39, 0.29) is 5.41 Å². The van der Waals surface area contributed by atoms with Gasteiger partial charge in [-0.15, -0.1) is 0 Å². The number of esters is 1. The Morgan fingerprint density at radius 2 is 1.95 bits per heavy atom. The van der Waals surface area contributed by atoms with Gasteiger partial charge in [-0.2, -0.15) is 0 Å². The number of hydrogen-bond acceptors (Lipinski definition) is 4. The van der Waals surface area contributed by atoms with E-state index < -0.39 is 23.2 Å². The Morgan fingerprint density at radius 3 is 2.33 bits per heavy atom. The molecule has 0 fully saturated rings. The lowest BCUT2D eigenvalue weighted by atomic mass is 9.72. The van der Waals surface area contributed by atoms with Gasteiger partial charge in [0.2, 0.25) is 0 Å².